The highest BCUT2D eigenvalue weighted by Crippen LogP contribution is 2.08. The van der Waals surface area contributed by atoms with Gasteiger partial charge in [0.2, 0.25) is 5.91 Å². The van der Waals surface area contributed by atoms with Gasteiger partial charge in [0.05, 0.1) is 6.54 Å². The summed E-state index contributed by atoms with van der Waals surface area (Å²) in [4.78, 5) is 11.5. The Kier molecular flexibility index (Phi) is 7.03. The molecule has 1 aromatic rings. The zero-order valence-electron chi connectivity index (χ0n) is 10.8. The molecule has 0 heterocycles. The molecule has 0 atom stereocenters. The van der Waals surface area contributed by atoms with Crippen molar-refractivity contribution in [2.45, 2.75) is 32.6 Å². The minimum absolute atomic E-state index is 0.143. The second-order valence-electron chi connectivity index (χ2n) is 4.30. The lowest BCUT2D eigenvalue weighted by atomic mass is 10.2. The first-order valence-corrected chi connectivity index (χ1v) is 6.48. The Balaban J connectivity index is 2.14. The van der Waals surface area contributed by atoms with Gasteiger partial charge in [-0.15, -0.1) is 0 Å². The van der Waals surface area contributed by atoms with Crippen molar-refractivity contribution in [1.29, 1.82) is 0 Å². The van der Waals surface area contributed by atoms with Gasteiger partial charge in [-0.25, -0.2) is 4.39 Å². The fraction of sp³-hybridized carbons (Fsp3) is 0.500. The standard InChI is InChI=1S/C14H21FN2O/c1-2-3-4-5-9-16-11-14(18)17-13-8-6-7-12(15)10-13/h6-8,10,16H,2-5,9,11H2,1H3,(H,17,18). The van der Waals surface area contributed by atoms with Gasteiger partial charge in [-0.2, -0.15) is 0 Å². The summed E-state index contributed by atoms with van der Waals surface area (Å²) in [6.45, 7) is 3.28. The van der Waals surface area contributed by atoms with Crippen molar-refractivity contribution >= 4 is 11.6 Å². The van der Waals surface area contributed by atoms with Crippen LogP contribution in [-0.2, 0) is 4.79 Å². The number of hydrogen-bond donors (Lipinski definition) is 2. The molecule has 0 aliphatic carbocycles. The fourth-order valence-corrected chi connectivity index (χ4v) is 1.65. The summed E-state index contributed by atoms with van der Waals surface area (Å²) < 4.78 is 12.9. The van der Waals surface area contributed by atoms with Crippen LogP contribution in [0.15, 0.2) is 24.3 Å². The highest BCUT2D eigenvalue weighted by Gasteiger charge is 2.02. The molecule has 0 aliphatic heterocycles. The highest BCUT2D eigenvalue weighted by molar-refractivity contribution is 5.92. The quantitative estimate of drug-likeness (QED) is 0.698. The Morgan fingerprint density at radius 3 is 2.83 bits per heavy atom. The monoisotopic (exact) mass is 252 g/mol. The van der Waals surface area contributed by atoms with Crippen LogP contribution in [0.3, 0.4) is 0 Å². The molecule has 0 spiro atoms. The van der Waals surface area contributed by atoms with Gasteiger partial charge in [0.25, 0.3) is 0 Å². The molecule has 1 rings (SSSR count). The summed E-state index contributed by atoms with van der Waals surface area (Å²) >= 11 is 0. The van der Waals surface area contributed by atoms with Crippen LogP contribution in [-0.4, -0.2) is 19.0 Å². The minimum atomic E-state index is -0.347. The van der Waals surface area contributed by atoms with Gasteiger partial charge in [-0.05, 0) is 31.2 Å². The molecule has 2 N–H and O–H groups in total. The number of halogens is 1. The number of carbonyl (C=O) groups excluding carboxylic acids is 1. The summed E-state index contributed by atoms with van der Waals surface area (Å²) in [6.07, 6.45) is 4.72. The molecule has 0 aliphatic rings. The Bertz CT molecular complexity index is 369. The molecule has 100 valence electrons. The number of amides is 1. The van der Waals surface area contributed by atoms with Crippen LogP contribution in [0.1, 0.15) is 32.6 Å². The maximum Gasteiger partial charge on any atom is 0.238 e. The van der Waals surface area contributed by atoms with Crippen molar-refractivity contribution < 1.29 is 9.18 Å². The van der Waals surface area contributed by atoms with E-state index in [-0.39, 0.29) is 18.3 Å². The molecular formula is C14H21FN2O. The third-order valence-electron chi connectivity index (χ3n) is 2.60. The maximum absolute atomic E-state index is 12.9. The average molecular weight is 252 g/mol. The molecule has 3 nitrogen and oxygen atoms in total. The number of rotatable bonds is 8. The average Bonchev–Trinajstić information content (AvgIpc) is 2.33. The van der Waals surface area contributed by atoms with E-state index < -0.39 is 0 Å². The summed E-state index contributed by atoms with van der Waals surface area (Å²) in [6, 6.07) is 5.89. The molecule has 0 unspecified atom stereocenters. The van der Waals surface area contributed by atoms with Crippen LogP contribution in [0.5, 0.6) is 0 Å². The van der Waals surface area contributed by atoms with Crippen LogP contribution in [0.25, 0.3) is 0 Å². The molecule has 0 radical (unpaired) electrons. The zero-order chi connectivity index (χ0) is 13.2. The van der Waals surface area contributed by atoms with Gasteiger partial charge in [-0.3, -0.25) is 4.79 Å². The first-order valence-electron chi connectivity index (χ1n) is 6.48. The minimum Gasteiger partial charge on any atom is -0.325 e. The van der Waals surface area contributed by atoms with Gasteiger partial charge in [0.15, 0.2) is 0 Å². The maximum atomic E-state index is 12.9. The largest absolute Gasteiger partial charge is 0.325 e. The molecule has 1 amide bonds. The number of benzene rings is 1. The van der Waals surface area contributed by atoms with Crippen LogP contribution < -0.4 is 10.6 Å². The van der Waals surface area contributed by atoms with Gasteiger partial charge >= 0.3 is 0 Å². The Morgan fingerprint density at radius 1 is 1.28 bits per heavy atom. The van der Waals surface area contributed by atoms with Crippen molar-refractivity contribution in [3.8, 4) is 0 Å². The topological polar surface area (TPSA) is 41.1 Å². The molecule has 0 fully saturated rings. The smallest absolute Gasteiger partial charge is 0.238 e. The molecule has 18 heavy (non-hydrogen) atoms. The number of hydrogen-bond acceptors (Lipinski definition) is 2. The molecule has 0 saturated carbocycles. The summed E-state index contributed by atoms with van der Waals surface area (Å²) in [7, 11) is 0. The van der Waals surface area contributed by atoms with Crippen molar-refractivity contribution in [2.24, 2.45) is 0 Å². The van der Waals surface area contributed by atoms with Gasteiger partial charge < -0.3 is 10.6 Å². The number of anilines is 1. The summed E-state index contributed by atoms with van der Waals surface area (Å²) in [5.74, 6) is -0.489. The molecule has 0 bridgehead atoms. The van der Waals surface area contributed by atoms with Crippen LogP contribution >= 0.6 is 0 Å². The third kappa shape index (κ3) is 6.35. The SMILES string of the molecule is CCCCCCNCC(=O)Nc1cccc(F)c1. The van der Waals surface area contributed by atoms with E-state index in [0.717, 1.165) is 13.0 Å². The second-order valence-corrected chi connectivity index (χ2v) is 4.30. The van der Waals surface area contributed by atoms with Crippen LogP contribution in [0, 0.1) is 5.82 Å². The number of unbranched alkanes of at least 4 members (excludes halogenated alkanes) is 3. The lowest BCUT2D eigenvalue weighted by Crippen LogP contribution is -2.28. The summed E-state index contributed by atoms with van der Waals surface area (Å²) in [5.41, 5.74) is 0.493. The number of nitrogens with one attached hydrogen (secondary N) is 2. The molecule has 0 aromatic heterocycles. The predicted molar refractivity (Wildman–Crippen MR) is 72.0 cm³/mol. The van der Waals surface area contributed by atoms with Crippen LogP contribution in [0.4, 0.5) is 10.1 Å². The van der Waals surface area contributed by atoms with E-state index in [1.54, 1.807) is 12.1 Å². The van der Waals surface area contributed by atoms with E-state index in [0.29, 0.717) is 5.69 Å². The first kappa shape index (κ1) is 14.6. The highest BCUT2D eigenvalue weighted by atomic mass is 19.1. The second kappa shape index (κ2) is 8.64. The summed E-state index contributed by atoms with van der Waals surface area (Å²) in [5, 5.41) is 5.72. The molecule has 1 aromatic carbocycles. The van der Waals surface area contributed by atoms with Crippen LogP contribution in [0.2, 0.25) is 0 Å². The Morgan fingerprint density at radius 2 is 2.11 bits per heavy atom. The Labute approximate surface area is 108 Å². The molecule has 0 saturated heterocycles. The Hall–Kier alpha value is -1.42. The van der Waals surface area contributed by atoms with E-state index >= 15 is 0 Å². The van der Waals surface area contributed by atoms with Crippen molar-refractivity contribution in [1.82, 2.24) is 5.32 Å². The van der Waals surface area contributed by atoms with Crippen molar-refractivity contribution in [3.63, 3.8) is 0 Å². The van der Waals surface area contributed by atoms with E-state index in [1.165, 1.54) is 31.4 Å². The van der Waals surface area contributed by atoms with Gasteiger partial charge in [0.1, 0.15) is 5.82 Å². The fourth-order valence-electron chi connectivity index (χ4n) is 1.65. The van der Waals surface area contributed by atoms with Gasteiger partial charge in [0, 0.05) is 5.69 Å². The van der Waals surface area contributed by atoms with Gasteiger partial charge in [-0.1, -0.05) is 32.3 Å². The number of carbonyl (C=O) groups is 1. The van der Waals surface area contributed by atoms with Crippen molar-refractivity contribution in [3.05, 3.63) is 30.1 Å². The van der Waals surface area contributed by atoms with E-state index in [1.807, 2.05) is 0 Å². The van der Waals surface area contributed by atoms with Crippen molar-refractivity contribution in [2.75, 3.05) is 18.4 Å². The molecular weight excluding hydrogens is 231 g/mol. The van der Waals surface area contributed by atoms with E-state index in [9.17, 15) is 9.18 Å². The first-order chi connectivity index (χ1) is 8.72. The predicted octanol–water partition coefficient (Wildman–Crippen LogP) is 2.93. The third-order valence-corrected chi connectivity index (χ3v) is 2.60. The van der Waals surface area contributed by atoms with E-state index in [4.69, 9.17) is 0 Å². The molecule has 4 heteroatoms. The van der Waals surface area contributed by atoms with E-state index in [2.05, 4.69) is 17.6 Å². The normalized spacial score (nSPS) is 10.3. The lowest BCUT2D eigenvalue weighted by Gasteiger charge is -2.06. The lowest BCUT2D eigenvalue weighted by molar-refractivity contribution is -0.115. The zero-order valence-corrected chi connectivity index (χ0v) is 10.8.